The smallest absolute Gasteiger partial charge is 0.329 e. The van der Waals surface area contributed by atoms with Gasteiger partial charge in [-0.15, -0.1) is 0 Å². The number of methoxy groups -OCH3 is 1. The van der Waals surface area contributed by atoms with Crippen LogP contribution in [0.3, 0.4) is 0 Å². The van der Waals surface area contributed by atoms with Crippen LogP contribution in [-0.2, 0) is 11.3 Å². The highest BCUT2D eigenvalue weighted by Crippen LogP contribution is 2.32. The number of nitrogens with zero attached hydrogens (tertiary/aromatic N) is 1. The predicted octanol–water partition coefficient (Wildman–Crippen LogP) is 2.47. The first kappa shape index (κ1) is 19.7. The molecular formula is C23H30N3O3+. The van der Waals surface area contributed by atoms with Gasteiger partial charge in [0.1, 0.15) is 17.8 Å². The van der Waals surface area contributed by atoms with Gasteiger partial charge in [-0.25, -0.2) is 9.69 Å². The number of ether oxygens (including phenoxy) is 1. The van der Waals surface area contributed by atoms with E-state index in [2.05, 4.69) is 29.6 Å². The number of urea groups is 1. The number of rotatable bonds is 5. The lowest BCUT2D eigenvalue weighted by Crippen LogP contribution is -3.09. The second kappa shape index (κ2) is 8.03. The molecule has 0 bridgehead atoms. The first-order valence-corrected chi connectivity index (χ1v) is 10.5. The van der Waals surface area contributed by atoms with E-state index >= 15 is 0 Å². The van der Waals surface area contributed by atoms with Gasteiger partial charge in [-0.2, -0.15) is 0 Å². The summed E-state index contributed by atoms with van der Waals surface area (Å²) in [5.74, 6) is 0.813. The third kappa shape index (κ3) is 3.94. The Labute approximate surface area is 171 Å². The zero-order valence-corrected chi connectivity index (χ0v) is 17.3. The molecule has 2 N–H and O–H groups in total. The zero-order valence-electron chi connectivity index (χ0n) is 17.3. The molecule has 2 aliphatic rings. The Morgan fingerprint density at radius 1 is 1.03 bits per heavy atom. The fourth-order valence-corrected chi connectivity index (χ4v) is 4.68. The number of nitrogens with one attached hydrogen (secondary N) is 2. The highest BCUT2D eigenvalue weighted by atomic mass is 16.5. The highest BCUT2D eigenvalue weighted by molar-refractivity contribution is 6.06. The zero-order chi connectivity index (χ0) is 20.4. The lowest BCUT2D eigenvalue weighted by molar-refractivity contribution is -0.901. The quantitative estimate of drug-likeness (QED) is 0.764. The standard InChI is InChI=1S/C23H29N3O3/c1-25(15-17-7-8-19-14-20(29-2)10-9-18(19)13-17)16-26-21(27)23(24-22(26)28)11-5-3-4-6-12-23/h7-10,13-14H,3-6,11-12,15-16H2,1-2H3,(H,24,28)/p+1. The molecule has 1 saturated carbocycles. The van der Waals surface area contributed by atoms with Crippen molar-refractivity contribution < 1.29 is 19.2 Å². The predicted molar refractivity (Wildman–Crippen MR) is 112 cm³/mol. The molecule has 1 spiro atoms. The largest absolute Gasteiger partial charge is 0.497 e. The van der Waals surface area contributed by atoms with Gasteiger partial charge in [0.15, 0.2) is 6.67 Å². The van der Waals surface area contributed by atoms with E-state index in [1.165, 1.54) is 10.5 Å². The number of hydrogen-bond donors (Lipinski definition) is 2. The van der Waals surface area contributed by atoms with Gasteiger partial charge in [0.2, 0.25) is 0 Å². The highest BCUT2D eigenvalue weighted by Gasteiger charge is 2.51. The van der Waals surface area contributed by atoms with Crippen LogP contribution in [0, 0.1) is 0 Å². The van der Waals surface area contributed by atoms with Crippen LogP contribution in [0.2, 0.25) is 0 Å². The molecule has 4 rings (SSSR count). The molecule has 29 heavy (non-hydrogen) atoms. The second-order valence-electron chi connectivity index (χ2n) is 8.50. The Balaban J connectivity index is 1.44. The van der Waals surface area contributed by atoms with Crippen molar-refractivity contribution in [3.05, 3.63) is 42.0 Å². The molecule has 0 aromatic heterocycles. The minimum absolute atomic E-state index is 0.0330. The molecular weight excluding hydrogens is 366 g/mol. The van der Waals surface area contributed by atoms with Gasteiger partial charge in [0, 0.05) is 5.56 Å². The molecule has 3 amide bonds. The lowest BCUT2D eigenvalue weighted by Gasteiger charge is -2.25. The van der Waals surface area contributed by atoms with E-state index < -0.39 is 5.54 Å². The Kier molecular flexibility index (Phi) is 5.46. The van der Waals surface area contributed by atoms with Gasteiger partial charge in [-0.1, -0.05) is 43.9 Å². The van der Waals surface area contributed by atoms with Crippen molar-refractivity contribution in [1.82, 2.24) is 10.2 Å². The van der Waals surface area contributed by atoms with E-state index in [9.17, 15) is 9.59 Å². The molecule has 2 fully saturated rings. The number of carbonyl (C=O) groups is 2. The van der Waals surface area contributed by atoms with Gasteiger partial charge in [0.25, 0.3) is 5.91 Å². The van der Waals surface area contributed by atoms with Crippen molar-refractivity contribution in [3.63, 3.8) is 0 Å². The van der Waals surface area contributed by atoms with Crippen LogP contribution >= 0.6 is 0 Å². The van der Waals surface area contributed by atoms with Crippen molar-refractivity contribution in [2.75, 3.05) is 20.8 Å². The van der Waals surface area contributed by atoms with Crippen molar-refractivity contribution in [3.8, 4) is 5.75 Å². The Morgan fingerprint density at radius 3 is 2.45 bits per heavy atom. The first-order chi connectivity index (χ1) is 14.0. The first-order valence-electron chi connectivity index (χ1n) is 10.5. The number of imide groups is 1. The molecule has 2 aromatic carbocycles. The second-order valence-corrected chi connectivity index (χ2v) is 8.50. The topological polar surface area (TPSA) is 63.1 Å². The molecule has 1 aliphatic carbocycles. The van der Waals surface area contributed by atoms with E-state index in [0.717, 1.165) is 66.5 Å². The summed E-state index contributed by atoms with van der Waals surface area (Å²) in [7, 11) is 3.69. The minimum Gasteiger partial charge on any atom is -0.497 e. The number of fused-ring (bicyclic) bond motifs is 1. The summed E-state index contributed by atoms with van der Waals surface area (Å²) < 4.78 is 5.29. The summed E-state index contributed by atoms with van der Waals surface area (Å²) in [4.78, 5) is 28.2. The average molecular weight is 397 g/mol. The molecule has 1 heterocycles. The molecule has 0 radical (unpaired) electrons. The van der Waals surface area contributed by atoms with Gasteiger partial charge >= 0.3 is 6.03 Å². The Morgan fingerprint density at radius 2 is 1.72 bits per heavy atom. The lowest BCUT2D eigenvalue weighted by atomic mass is 9.90. The number of benzene rings is 2. The fourth-order valence-electron chi connectivity index (χ4n) is 4.68. The van der Waals surface area contributed by atoms with Crippen LogP contribution in [0.15, 0.2) is 36.4 Å². The number of quaternary nitrogens is 1. The van der Waals surface area contributed by atoms with E-state index in [1.54, 1.807) is 7.11 Å². The van der Waals surface area contributed by atoms with Crippen molar-refractivity contribution >= 4 is 22.7 Å². The Bertz CT molecular complexity index is 919. The molecule has 1 atom stereocenters. The molecule has 6 heteroatoms. The van der Waals surface area contributed by atoms with Crippen LogP contribution in [0.25, 0.3) is 10.8 Å². The maximum absolute atomic E-state index is 13.1. The number of amides is 3. The van der Waals surface area contributed by atoms with Gasteiger partial charge in [0.05, 0.1) is 14.2 Å². The van der Waals surface area contributed by atoms with Crippen LogP contribution < -0.4 is 15.0 Å². The molecule has 6 nitrogen and oxygen atoms in total. The van der Waals surface area contributed by atoms with Crippen molar-refractivity contribution in [1.29, 1.82) is 0 Å². The van der Waals surface area contributed by atoms with Gasteiger partial charge < -0.3 is 15.0 Å². The summed E-state index contributed by atoms with van der Waals surface area (Å²) in [5.41, 5.74) is 0.520. The van der Waals surface area contributed by atoms with Crippen molar-refractivity contribution in [2.45, 2.75) is 50.6 Å². The van der Waals surface area contributed by atoms with Crippen LogP contribution in [-0.4, -0.2) is 43.2 Å². The summed E-state index contributed by atoms with van der Waals surface area (Å²) in [6, 6.07) is 12.2. The minimum atomic E-state index is -0.657. The fraction of sp³-hybridized carbons (Fsp3) is 0.478. The summed E-state index contributed by atoms with van der Waals surface area (Å²) in [6.07, 6.45) is 5.82. The van der Waals surface area contributed by atoms with Crippen molar-refractivity contribution in [2.24, 2.45) is 0 Å². The molecule has 2 aromatic rings. The van der Waals surface area contributed by atoms with E-state index in [0.29, 0.717) is 6.67 Å². The average Bonchev–Trinajstić information content (AvgIpc) is 2.88. The third-order valence-electron chi connectivity index (χ3n) is 6.25. The van der Waals surface area contributed by atoms with Gasteiger partial charge in [-0.3, -0.25) is 4.79 Å². The Hall–Kier alpha value is -2.60. The van der Waals surface area contributed by atoms with E-state index in [4.69, 9.17) is 4.74 Å². The summed E-state index contributed by atoms with van der Waals surface area (Å²) >= 11 is 0. The monoisotopic (exact) mass is 396 g/mol. The van der Waals surface area contributed by atoms with Crippen LogP contribution in [0.5, 0.6) is 5.75 Å². The maximum atomic E-state index is 13.1. The summed E-state index contributed by atoms with van der Waals surface area (Å²) in [5, 5.41) is 5.32. The maximum Gasteiger partial charge on any atom is 0.329 e. The van der Waals surface area contributed by atoms with Crippen LogP contribution in [0.1, 0.15) is 44.1 Å². The van der Waals surface area contributed by atoms with Crippen LogP contribution in [0.4, 0.5) is 4.79 Å². The van der Waals surface area contributed by atoms with Gasteiger partial charge in [-0.05, 0) is 41.8 Å². The number of carbonyl (C=O) groups excluding carboxylic acids is 2. The molecule has 1 unspecified atom stereocenters. The molecule has 1 saturated heterocycles. The SMILES string of the molecule is COc1ccc2cc(C[NH+](C)CN3C(=O)NC4(CCCCCC4)C3=O)ccc2c1. The third-order valence-corrected chi connectivity index (χ3v) is 6.25. The molecule has 1 aliphatic heterocycles. The summed E-state index contributed by atoms with van der Waals surface area (Å²) in [6.45, 7) is 1.12. The number of hydrogen-bond acceptors (Lipinski definition) is 3. The van der Waals surface area contributed by atoms with E-state index in [1.807, 2.05) is 19.2 Å². The van der Waals surface area contributed by atoms with E-state index in [-0.39, 0.29) is 11.9 Å². The molecule has 154 valence electrons. The normalized spacial score (nSPS) is 20.0.